The van der Waals surface area contributed by atoms with E-state index in [1.165, 1.54) is 0 Å². The van der Waals surface area contributed by atoms with Crippen molar-refractivity contribution >= 4 is 11.9 Å². The summed E-state index contributed by atoms with van der Waals surface area (Å²) >= 11 is 0. The maximum absolute atomic E-state index is 11.3. The third-order valence-electron chi connectivity index (χ3n) is 8.27. The number of carboxylic acids is 2. The summed E-state index contributed by atoms with van der Waals surface area (Å²) in [5, 5.41) is 18.5. The van der Waals surface area contributed by atoms with Crippen LogP contribution < -0.4 is 9.47 Å². The van der Waals surface area contributed by atoms with Crippen LogP contribution >= 0.6 is 0 Å². The number of hydrogen-bond donors (Lipinski definition) is 2. The summed E-state index contributed by atoms with van der Waals surface area (Å²) in [6.07, 6.45) is 0. The normalized spacial score (nSPS) is 11.1. The van der Waals surface area contributed by atoms with E-state index in [1.54, 1.807) is 48.5 Å². The SMILES string of the molecule is CC(C)(c1ccc(Oc2ccccc2-c2ccc(C(=O)O)cc2)cc1)c1ccc(Oc2ccccc2-c2ccc(C(=O)O)cc2)cc1. The minimum Gasteiger partial charge on any atom is -0.478 e. The van der Waals surface area contributed by atoms with Crippen molar-refractivity contribution in [1.29, 1.82) is 0 Å². The first-order valence-corrected chi connectivity index (χ1v) is 15.1. The zero-order valence-electron chi connectivity index (χ0n) is 25.9. The van der Waals surface area contributed by atoms with Gasteiger partial charge in [0.2, 0.25) is 0 Å². The molecule has 6 rings (SSSR count). The molecule has 0 saturated carbocycles. The van der Waals surface area contributed by atoms with Gasteiger partial charge in [-0.3, -0.25) is 0 Å². The van der Waals surface area contributed by atoms with Gasteiger partial charge in [-0.2, -0.15) is 0 Å². The lowest BCUT2D eigenvalue weighted by Gasteiger charge is -2.26. The van der Waals surface area contributed by atoms with Crippen LogP contribution in [0.1, 0.15) is 45.7 Å². The van der Waals surface area contributed by atoms with Gasteiger partial charge in [-0.1, -0.05) is 98.8 Å². The highest BCUT2D eigenvalue weighted by Gasteiger charge is 2.23. The highest BCUT2D eigenvalue weighted by atomic mass is 16.5. The van der Waals surface area contributed by atoms with Gasteiger partial charge in [-0.05, 0) is 82.9 Å². The number of ether oxygens (including phenoxy) is 2. The molecular formula is C41H32O6. The maximum Gasteiger partial charge on any atom is 0.335 e. The van der Waals surface area contributed by atoms with Gasteiger partial charge in [-0.15, -0.1) is 0 Å². The summed E-state index contributed by atoms with van der Waals surface area (Å²) in [4.78, 5) is 22.5. The minimum absolute atomic E-state index is 0.236. The molecule has 0 aliphatic carbocycles. The summed E-state index contributed by atoms with van der Waals surface area (Å²) in [5.41, 5.74) is 5.88. The first-order chi connectivity index (χ1) is 22.7. The Bertz CT molecular complexity index is 1880. The van der Waals surface area contributed by atoms with Crippen molar-refractivity contribution < 1.29 is 29.3 Å². The molecule has 0 aliphatic heterocycles. The monoisotopic (exact) mass is 620 g/mol. The molecule has 0 heterocycles. The Morgan fingerprint density at radius 1 is 0.468 bits per heavy atom. The van der Waals surface area contributed by atoms with Crippen molar-refractivity contribution in [3.8, 4) is 45.3 Å². The van der Waals surface area contributed by atoms with E-state index in [9.17, 15) is 19.8 Å². The molecule has 0 unspecified atom stereocenters. The van der Waals surface area contributed by atoms with Crippen LogP contribution in [0.2, 0.25) is 0 Å². The second-order valence-corrected chi connectivity index (χ2v) is 11.6. The average molecular weight is 621 g/mol. The van der Waals surface area contributed by atoms with Crippen LogP contribution in [0.5, 0.6) is 23.0 Å². The second-order valence-electron chi connectivity index (χ2n) is 11.6. The Labute approximate surface area is 273 Å². The third kappa shape index (κ3) is 6.77. The number of aromatic carboxylic acids is 2. The van der Waals surface area contributed by atoms with Crippen LogP contribution in [0.3, 0.4) is 0 Å². The molecule has 2 N–H and O–H groups in total. The van der Waals surface area contributed by atoms with Crippen molar-refractivity contribution in [3.63, 3.8) is 0 Å². The van der Waals surface area contributed by atoms with Gasteiger partial charge in [0.25, 0.3) is 0 Å². The van der Waals surface area contributed by atoms with Gasteiger partial charge in [0.1, 0.15) is 23.0 Å². The van der Waals surface area contributed by atoms with Gasteiger partial charge >= 0.3 is 11.9 Å². The highest BCUT2D eigenvalue weighted by Crippen LogP contribution is 2.38. The molecule has 0 aromatic heterocycles. The van der Waals surface area contributed by atoms with Crippen molar-refractivity contribution in [3.05, 3.63) is 168 Å². The Morgan fingerprint density at radius 3 is 1.15 bits per heavy atom. The third-order valence-corrected chi connectivity index (χ3v) is 8.27. The maximum atomic E-state index is 11.3. The van der Waals surface area contributed by atoms with E-state index in [2.05, 4.69) is 38.1 Å². The molecule has 6 nitrogen and oxygen atoms in total. The number of benzene rings is 6. The number of carboxylic acid groups (broad SMARTS) is 2. The largest absolute Gasteiger partial charge is 0.478 e. The fraction of sp³-hybridized carbons (Fsp3) is 0.0732. The average Bonchev–Trinajstić information content (AvgIpc) is 3.09. The van der Waals surface area contributed by atoms with E-state index in [-0.39, 0.29) is 16.5 Å². The van der Waals surface area contributed by atoms with Gasteiger partial charge in [-0.25, -0.2) is 9.59 Å². The second kappa shape index (κ2) is 13.1. The van der Waals surface area contributed by atoms with Gasteiger partial charge in [0.15, 0.2) is 0 Å². The van der Waals surface area contributed by atoms with Crippen molar-refractivity contribution in [2.45, 2.75) is 19.3 Å². The van der Waals surface area contributed by atoms with E-state index in [0.717, 1.165) is 33.4 Å². The lowest BCUT2D eigenvalue weighted by molar-refractivity contribution is 0.0686. The summed E-state index contributed by atoms with van der Waals surface area (Å²) in [6.45, 7) is 4.34. The topological polar surface area (TPSA) is 93.1 Å². The molecule has 6 heteroatoms. The van der Waals surface area contributed by atoms with E-state index >= 15 is 0 Å². The van der Waals surface area contributed by atoms with Crippen LogP contribution in [0.15, 0.2) is 146 Å². The first kappa shape index (κ1) is 30.9. The number of para-hydroxylation sites is 2. The molecular weight excluding hydrogens is 588 g/mol. The number of rotatable bonds is 10. The van der Waals surface area contributed by atoms with Crippen LogP contribution in [0.25, 0.3) is 22.3 Å². The Kier molecular flexibility index (Phi) is 8.58. The zero-order chi connectivity index (χ0) is 33.0. The fourth-order valence-electron chi connectivity index (χ4n) is 5.47. The minimum atomic E-state index is -0.960. The van der Waals surface area contributed by atoms with Gasteiger partial charge in [0.05, 0.1) is 11.1 Å². The van der Waals surface area contributed by atoms with Gasteiger partial charge < -0.3 is 19.7 Å². The first-order valence-electron chi connectivity index (χ1n) is 15.1. The highest BCUT2D eigenvalue weighted by molar-refractivity contribution is 5.89. The molecule has 47 heavy (non-hydrogen) atoms. The molecule has 0 aliphatic rings. The van der Waals surface area contributed by atoms with Crippen LogP contribution in [-0.4, -0.2) is 22.2 Å². The van der Waals surface area contributed by atoms with E-state index < -0.39 is 11.9 Å². The lowest BCUT2D eigenvalue weighted by atomic mass is 9.78. The summed E-state index contributed by atoms with van der Waals surface area (Å²) < 4.78 is 12.6. The summed E-state index contributed by atoms with van der Waals surface area (Å²) in [5.74, 6) is 0.823. The fourth-order valence-corrected chi connectivity index (χ4v) is 5.47. The number of carbonyl (C=O) groups is 2. The van der Waals surface area contributed by atoms with Crippen molar-refractivity contribution in [1.82, 2.24) is 0 Å². The van der Waals surface area contributed by atoms with Crippen LogP contribution in [0.4, 0.5) is 0 Å². The summed E-state index contributed by atoms with van der Waals surface area (Å²) in [6, 6.07) is 45.0. The molecule has 0 saturated heterocycles. The molecule has 0 radical (unpaired) electrons. The molecule has 0 amide bonds. The van der Waals surface area contributed by atoms with E-state index in [4.69, 9.17) is 9.47 Å². The summed E-state index contributed by atoms with van der Waals surface area (Å²) in [7, 11) is 0. The molecule has 0 spiro atoms. The molecule has 0 fully saturated rings. The molecule has 0 bridgehead atoms. The Balaban J connectivity index is 1.16. The van der Waals surface area contributed by atoms with E-state index in [1.807, 2.05) is 72.8 Å². The predicted octanol–water partition coefficient (Wildman–Crippen LogP) is 10.3. The van der Waals surface area contributed by atoms with Gasteiger partial charge in [0, 0.05) is 16.5 Å². The molecule has 0 atom stereocenters. The zero-order valence-corrected chi connectivity index (χ0v) is 25.9. The smallest absolute Gasteiger partial charge is 0.335 e. The van der Waals surface area contributed by atoms with Crippen molar-refractivity contribution in [2.75, 3.05) is 0 Å². The molecule has 232 valence electrons. The quantitative estimate of drug-likeness (QED) is 0.158. The van der Waals surface area contributed by atoms with Crippen LogP contribution in [0, 0.1) is 0 Å². The predicted molar refractivity (Wildman–Crippen MR) is 183 cm³/mol. The van der Waals surface area contributed by atoms with E-state index in [0.29, 0.717) is 23.0 Å². The Hall–Kier alpha value is -6.14. The standard InChI is InChI=1S/C41H32O6/c1-41(2,31-19-23-33(24-20-31)46-37-9-5-3-7-35(37)27-11-15-29(16-12-27)39(42)43)32-21-25-34(26-22-32)47-38-10-6-4-8-36(38)28-13-17-30(18-14-28)40(44)45/h3-26H,1-2H3,(H,42,43)(H,44,45). The molecule has 6 aromatic rings. The Morgan fingerprint density at radius 2 is 0.809 bits per heavy atom. The van der Waals surface area contributed by atoms with Crippen LogP contribution in [-0.2, 0) is 5.41 Å². The lowest BCUT2D eigenvalue weighted by Crippen LogP contribution is -2.18. The molecule has 6 aromatic carbocycles. The number of hydrogen-bond acceptors (Lipinski definition) is 4. The van der Waals surface area contributed by atoms with Crippen molar-refractivity contribution in [2.24, 2.45) is 0 Å².